The van der Waals surface area contributed by atoms with Crippen LogP contribution in [-0.2, 0) is 11.4 Å². The number of pyridine rings is 1. The van der Waals surface area contributed by atoms with E-state index >= 15 is 0 Å². The molecule has 6 heteroatoms. The third-order valence-corrected chi connectivity index (χ3v) is 6.23. The van der Waals surface area contributed by atoms with E-state index < -0.39 is 5.97 Å². The highest BCUT2D eigenvalue weighted by molar-refractivity contribution is 9.10. The molecule has 31 heavy (non-hydrogen) atoms. The summed E-state index contributed by atoms with van der Waals surface area (Å²) in [4.78, 5) is 15.5. The van der Waals surface area contributed by atoms with Crippen molar-refractivity contribution >= 4 is 21.9 Å². The van der Waals surface area contributed by atoms with Gasteiger partial charge in [-0.3, -0.25) is 4.79 Å². The van der Waals surface area contributed by atoms with Crippen LogP contribution in [0.1, 0.15) is 40.2 Å². The Morgan fingerprint density at radius 1 is 1.23 bits per heavy atom. The summed E-state index contributed by atoms with van der Waals surface area (Å²) in [6.07, 6.45) is 1.68. The maximum Gasteiger partial charge on any atom is 0.304 e. The molecular formula is C25H24BrNO4. The Kier molecular flexibility index (Phi) is 6.01. The van der Waals surface area contributed by atoms with Crippen LogP contribution in [0.25, 0.3) is 11.1 Å². The van der Waals surface area contributed by atoms with Gasteiger partial charge in [0, 0.05) is 17.7 Å². The summed E-state index contributed by atoms with van der Waals surface area (Å²) < 4.78 is 12.3. The number of aliphatic carboxylic acids is 1. The van der Waals surface area contributed by atoms with Gasteiger partial charge in [0.15, 0.2) is 0 Å². The molecule has 0 saturated carbocycles. The van der Waals surface area contributed by atoms with E-state index in [0.717, 1.165) is 16.7 Å². The second-order valence-electron chi connectivity index (χ2n) is 8.03. The van der Waals surface area contributed by atoms with E-state index in [2.05, 4.69) is 66.0 Å². The number of aromatic nitrogens is 1. The number of carboxylic acid groups (broad SMARTS) is 1. The van der Waals surface area contributed by atoms with Crippen LogP contribution in [0.2, 0.25) is 0 Å². The van der Waals surface area contributed by atoms with Crippen LogP contribution >= 0.6 is 15.9 Å². The maximum absolute atomic E-state index is 11.1. The molecule has 0 amide bonds. The van der Waals surface area contributed by atoms with Crippen LogP contribution in [0, 0.1) is 20.8 Å². The molecule has 0 unspecified atom stereocenters. The number of halogens is 1. The Morgan fingerprint density at radius 2 is 1.97 bits per heavy atom. The summed E-state index contributed by atoms with van der Waals surface area (Å²) in [6, 6.07) is 12.7. The molecule has 0 aliphatic carbocycles. The highest BCUT2D eigenvalue weighted by Crippen LogP contribution is 2.44. The Balaban J connectivity index is 1.54. The van der Waals surface area contributed by atoms with Gasteiger partial charge < -0.3 is 14.6 Å². The van der Waals surface area contributed by atoms with Gasteiger partial charge in [-0.25, -0.2) is 4.98 Å². The number of ether oxygens (including phenoxy) is 2. The van der Waals surface area contributed by atoms with Gasteiger partial charge in [-0.05, 0) is 70.6 Å². The normalized spacial score (nSPS) is 14.8. The van der Waals surface area contributed by atoms with Gasteiger partial charge in [0.05, 0.1) is 13.0 Å². The van der Waals surface area contributed by atoms with Crippen LogP contribution in [0.5, 0.6) is 11.6 Å². The lowest BCUT2D eigenvalue weighted by Crippen LogP contribution is -2.07. The van der Waals surface area contributed by atoms with E-state index in [1.54, 1.807) is 6.20 Å². The van der Waals surface area contributed by atoms with Crippen molar-refractivity contribution in [3.05, 3.63) is 74.9 Å². The summed E-state index contributed by atoms with van der Waals surface area (Å²) in [6.45, 7) is 7.09. The zero-order chi connectivity index (χ0) is 22.1. The van der Waals surface area contributed by atoms with Crippen molar-refractivity contribution in [2.24, 2.45) is 0 Å². The largest absolute Gasteiger partial charge is 0.491 e. The summed E-state index contributed by atoms with van der Waals surface area (Å²) >= 11 is 3.52. The molecule has 3 aromatic rings. The molecule has 1 aromatic heterocycles. The molecule has 1 atom stereocenters. The van der Waals surface area contributed by atoms with Crippen LogP contribution in [0.15, 0.2) is 47.1 Å². The van der Waals surface area contributed by atoms with Gasteiger partial charge in [0.25, 0.3) is 0 Å². The Bertz CT molecular complexity index is 1140. The number of fused-ring (bicyclic) bond motifs is 1. The predicted molar refractivity (Wildman–Crippen MR) is 123 cm³/mol. The molecule has 5 nitrogen and oxygen atoms in total. The van der Waals surface area contributed by atoms with E-state index in [1.165, 1.54) is 22.3 Å². The zero-order valence-corrected chi connectivity index (χ0v) is 19.3. The minimum absolute atomic E-state index is 0.0198. The van der Waals surface area contributed by atoms with Crippen molar-refractivity contribution in [3.63, 3.8) is 0 Å². The SMILES string of the molecule is Cc1cc(C)c(-c2cccc(COc3ncc4c(c3Br)OC[C@H]4CC(=O)O)c2)c(C)c1. The van der Waals surface area contributed by atoms with Crippen molar-refractivity contribution in [3.8, 4) is 22.8 Å². The number of rotatable bonds is 6. The second-order valence-corrected chi connectivity index (χ2v) is 8.82. The van der Waals surface area contributed by atoms with Crippen LogP contribution in [-0.4, -0.2) is 22.7 Å². The molecule has 1 aliphatic heterocycles. The lowest BCUT2D eigenvalue weighted by molar-refractivity contribution is -0.137. The minimum atomic E-state index is -0.850. The van der Waals surface area contributed by atoms with E-state index in [4.69, 9.17) is 14.6 Å². The summed E-state index contributed by atoms with van der Waals surface area (Å²) in [7, 11) is 0. The van der Waals surface area contributed by atoms with E-state index in [1.807, 2.05) is 12.1 Å². The number of hydrogen-bond donors (Lipinski definition) is 1. The van der Waals surface area contributed by atoms with Crippen LogP contribution in [0.3, 0.4) is 0 Å². The first-order chi connectivity index (χ1) is 14.8. The van der Waals surface area contributed by atoms with Gasteiger partial charge in [0.1, 0.15) is 16.8 Å². The third kappa shape index (κ3) is 4.44. The number of nitrogens with zero attached hydrogens (tertiary/aromatic N) is 1. The van der Waals surface area contributed by atoms with E-state index in [0.29, 0.717) is 29.3 Å². The first-order valence-corrected chi connectivity index (χ1v) is 11.0. The molecule has 0 fully saturated rings. The quantitative estimate of drug-likeness (QED) is 0.469. The number of aryl methyl sites for hydroxylation is 3. The fourth-order valence-corrected chi connectivity index (χ4v) is 4.82. The number of benzene rings is 2. The molecular weight excluding hydrogens is 458 g/mol. The van der Waals surface area contributed by atoms with Crippen molar-refractivity contribution in [2.75, 3.05) is 6.61 Å². The number of carbonyl (C=O) groups is 1. The third-order valence-electron chi connectivity index (χ3n) is 5.53. The van der Waals surface area contributed by atoms with Crippen molar-refractivity contribution in [2.45, 2.75) is 39.7 Å². The molecule has 0 saturated heterocycles. The molecule has 0 bridgehead atoms. The molecule has 0 spiro atoms. The van der Waals surface area contributed by atoms with E-state index in [-0.39, 0.29) is 12.3 Å². The molecule has 0 radical (unpaired) electrons. The summed E-state index contributed by atoms with van der Waals surface area (Å²) in [5.74, 6) is 0.0126. The average Bonchev–Trinajstić information content (AvgIpc) is 3.10. The van der Waals surface area contributed by atoms with Gasteiger partial charge in [-0.2, -0.15) is 0 Å². The maximum atomic E-state index is 11.1. The first-order valence-electron chi connectivity index (χ1n) is 10.2. The number of hydrogen-bond acceptors (Lipinski definition) is 4. The molecule has 1 aliphatic rings. The van der Waals surface area contributed by atoms with Crippen LogP contribution in [0.4, 0.5) is 0 Å². The monoisotopic (exact) mass is 481 g/mol. The Labute approximate surface area is 190 Å². The molecule has 2 heterocycles. The highest BCUT2D eigenvalue weighted by Gasteiger charge is 2.30. The minimum Gasteiger partial charge on any atom is -0.491 e. The number of carboxylic acids is 1. The van der Waals surface area contributed by atoms with Gasteiger partial charge >= 0.3 is 5.97 Å². The van der Waals surface area contributed by atoms with Crippen molar-refractivity contribution in [1.82, 2.24) is 4.98 Å². The lowest BCUT2D eigenvalue weighted by Gasteiger charge is -2.14. The topological polar surface area (TPSA) is 68.7 Å². The fourth-order valence-electron chi connectivity index (χ4n) is 4.26. The molecule has 2 aromatic carbocycles. The summed E-state index contributed by atoms with van der Waals surface area (Å²) in [5, 5.41) is 9.07. The fraction of sp³-hybridized carbons (Fsp3) is 0.280. The molecule has 160 valence electrons. The lowest BCUT2D eigenvalue weighted by atomic mass is 9.93. The van der Waals surface area contributed by atoms with E-state index in [9.17, 15) is 4.79 Å². The summed E-state index contributed by atoms with van der Waals surface area (Å²) in [5.41, 5.74) is 8.03. The van der Waals surface area contributed by atoms with Gasteiger partial charge in [0.2, 0.25) is 5.88 Å². The van der Waals surface area contributed by atoms with Crippen molar-refractivity contribution in [1.29, 1.82) is 0 Å². The van der Waals surface area contributed by atoms with Crippen molar-refractivity contribution < 1.29 is 19.4 Å². The highest BCUT2D eigenvalue weighted by atomic mass is 79.9. The first kappa shape index (κ1) is 21.4. The van der Waals surface area contributed by atoms with Gasteiger partial charge in [-0.1, -0.05) is 35.9 Å². The Morgan fingerprint density at radius 3 is 2.68 bits per heavy atom. The standard InChI is InChI=1S/C25H24BrNO4/c1-14-7-15(2)22(16(3)8-14)18-6-4-5-17(9-18)12-31-25-23(26)24-20(11-27-25)19(13-30-24)10-21(28)29/h4-9,11,19H,10,12-13H2,1-3H3,(H,28,29)/t19-/m1/s1. The average molecular weight is 482 g/mol. The smallest absolute Gasteiger partial charge is 0.304 e. The van der Waals surface area contributed by atoms with Gasteiger partial charge in [-0.15, -0.1) is 0 Å². The zero-order valence-electron chi connectivity index (χ0n) is 17.7. The predicted octanol–water partition coefficient (Wildman–Crippen LogP) is 5.97. The molecule has 4 rings (SSSR count). The Hall–Kier alpha value is -2.86. The molecule has 1 N–H and O–H groups in total. The second kappa shape index (κ2) is 8.71. The van der Waals surface area contributed by atoms with Crippen LogP contribution < -0.4 is 9.47 Å².